The summed E-state index contributed by atoms with van der Waals surface area (Å²) in [6, 6.07) is 28.6. The first-order valence-corrected chi connectivity index (χ1v) is 12.1. The standard InChI is InChI=1S/C29H32N2O4/c32-28(31-18-16-26(17-19-31)34-21-24-12-6-2-7-13-24)27(20-23-10-4-1-5-11-23)30-29(33)35-22-25-14-8-3-9-15-25/h1-15,26-27H,16-22H2,(H,30,33)/t27-/m0/s1. The van der Waals surface area contributed by atoms with E-state index in [-0.39, 0.29) is 18.6 Å². The molecule has 35 heavy (non-hydrogen) atoms. The third-order valence-electron chi connectivity index (χ3n) is 6.17. The minimum absolute atomic E-state index is 0.0907. The van der Waals surface area contributed by atoms with Crippen LogP contribution in [0.1, 0.15) is 29.5 Å². The van der Waals surface area contributed by atoms with Crippen LogP contribution >= 0.6 is 0 Å². The number of benzene rings is 3. The lowest BCUT2D eigenvalue weighted by Crippen LogP contribution is -2.52. The summed E-state index contributed by atoms with van der Waals surface area (Å²) in [5.41, 5.74) is 3.02. The molecule has 1 aliphatic heterocycles. The number of hydrogen-bond acceptors (Lipinski definition) is 4. The van der Waals surface area contributed by atoms with E-state index in [0.29, 0.717) is 26.1 Å². The summed E-state index contributed by atoms with van der Waals surface area (Å²) in [4.78, 5) is 27.8. The number of carbonyl (C=O) groups is 2. The SMILES string of the molecule is O=C(N[C@@H](Cc1ccccc1)C(=O)N1CCC(OCc2ccccc2)CC1)OCc1ccccc1. The Labute approximate surface area is 206 Å². The summed E-state index contributed by atoms with van der Waals surface area (Å²) in [6.45, 7) is 1.93. The maximum Gasteiger partial charge on any atom is 0.408 e. The number of alkyl carbamates (subject to hydrolysis) is 1. The Morgan fingerprint density at radius 1 is 0.771 bits per heavy atom. The Morgan fingerprint density at radius 2 is 1.29 bits per heavy atom. The molecule has 3 aromatic rings. The third kappa shape index (κ3) is 7.69. The summed E-state index contributed by atoms with van der Waals surface area (Å²) >= 11 is 0. The maximum atomic E-state index is 13.4. The van der Waals surface area contributed by atoms with E-state index in [0.717, 1.165) is 29.5 Å². The second kappa shape index (κ2) is 12.7. The number of hydrogen-bond donors (Lipinski definition) is 1. The van der Waals surface area contributed by atoms with Gasteiger partial charge in [-0.05, 0) is 29.5 Å². The molecule has 182 valence electrons. The lowest BCUT2D eigenvalue weighted by Gasteiger charge is -2.34. The van der Waals surface area contributed by atoms with Crippen LogP contribution in [0.25, 0.3) is 0 Å². The van der Waals surface area contributed by atoms with E-state index < -0.39 is 12.1 Å². The van der Waals surface area contributed by atoms with E-state index in [4.69, 9.17) is 9.47 Å². The van der Waals surface area contributed by atoms with E-state index in [1.165, 1.54) is 0 Å². The molecule has 0 spiro atoms. The summed E-state index contributed by atoms with van der Waals surface area (Å²) in [6.07, 6.45) is 1.48. The van der Waals surface area contributed by atoms with Crippen molar-refractivity contribution in [2.24, 2.45) is 0 Å². The average molecular weight is 473 g/mol. The molecule has 2 amide bonds. The van der Waals surface area contributed by atoms with Gasteiger partial charge < -0.3 is 19.7 Å². The van der Waals surface area contributed by atoms with Gasteiger partial charge in [0.1, 0.15) is 12.6 Å². The molecule has 6 heteroatoms. The molecule has 1 aliphatic rings. The van der Waals surface area contributed by atoms with Crippen LogP contribution in [0.5, 0.6) is 0 Å². The summed E-state index contributed by atoms with van der Waals surface area (Å²) in [5.74, 6) is -0.0907. The number of amides is 2. The van der Waals surface area contributed by atoms with Crippen molar-refractivity contribution in [3.63, 3.8) is 0 Å². The minimum Gasteiger partial charge on any atom is -0.445 e. The molecule has 0 aliphatic carbocycles. The molecule has 0 radical (unpaired) electrons. The van der Waals surface area contributed by atoms with Crippen molar-refractivity contribution in [1.29, 1.82) is 0 Å². The molecule has 1 heterocycles. The molecule has 0 unspecified atom stereocenters. The second-order valence-electron chi connectivity index (χ2n) is 8.77. The normalized spacial score (nSPS) is 14.8. The molecule has 0 aromatic heterocycles. The zero-order valence-electron chi connectivity index (χ0n) is 19.8. The predicted molar refractivity (Wildman–Crippen MR) is 135 cm³/mol. The Hall–Kier alpha value is -3.64. The number of rotatable bonds is 9. The van der Waals surface area contributed by atoms with Crippen molar-refractivity contribution in [3.8, 4) is 0 Å². The molecule has 0 bridgehead atoms. The zero-order chi connectivity index (χ0) is 24.3. The second-order valence-corrected chi connectivity index (χ2v) is 8.77. The van der Waals surface area contributed by atoms with Gasteiger partial charge >= 0.3 is 6.09 Å². The number of piperidine rings is 1. The van der Waals surface area contributed by atoms with Crippen LogP contribution < -0.4 is 5.32 Å². The minimum atomic E-state index is -0.692. The van der Waals surface area contributed by atoms with Crippen LogP contribution in [-0.4, -0.2) is 42.1 Å². The number of nitrogens with one attached hydrogen (secondary N) is 1. The summed E-state index contributed by atoms with van der Waals surface area (Å²) < 4.78 is 11.4. The van der Waals surface area contributed by atoms with E-state index in [1.807, 2.05) is 83.8 Å². The van der Waals surface area contributed by atoms with E-state index in [2.05, 4.69) is 17.4 Å². The van der Waals surface area contributed by atoms with Gasteiger partial charge in [0.05, 0.1) is 12.7 Å². The Kier molecular flexibility index (Phi) is 8.90. The van der Waals surface area contributed by atoms with Crippen LogP contribution in [0.15, 0.2) is 91.0 Å². The highest BCUT2D eigenvalue weighted by molar-refractivity contribution is 5.86. The molecule has 1 saturated heterocycles. The van der Waals surface area contributed by atoms with Crippen molar-refractivity contribution in [2.75, 3.05) is 13.1 Å². The van der Waals surface area contributed by atoms with Crippen LogP contribution in [-0.2, 0) is 33.9 Å². The van der Waals surface area contributed by atoms with Crippen LogP contribution in [0.3, 0.4) is 0 Å². The summed E-state index contributed by atoms with van der Waals surface area (Å²) in [5, 5.41) is 2.81. The first-order valence-electron chi connectivity index (χ1n) is 12.1. The van der Waals surface area contributed by atoms with Gasteiger partial charge in [-0.15, -0.1) is 0 Å². The average Bonchev–Trinajstić information content (AvgIpc) is 2.92. The number of nitrogens with zero attached hydrogens (tertiary/aromatic N) is 1. The van der Waals surface area contributed by atoms with Crippen molar-refractivity contribution < 1.29 is 19.1 Å². The quantitative estimate of drug-likeness (QED) is 0.489. The molecule has 0 saturated carbocycles. The predicted octanol–water partition coefficient (Wildman–Crippen LogP) is 4.73. The number of ether oxygens (including phenoxy) is 2. The van der Waals surface area contributed by atoms with Gasteiger partial charge in [0.25, 0.3) is 0 Å². The molecule has 3 aromatic carbocycles. The highest BCUT2D eigenvalue weighted by Crippen LogP contribution is 2.18. The van der Waals surface area contributed by atoms with Gasteiger partial charge in [-0.25, -0.2) is 4.79 Å². The molecule has 4 rings (SSSR count). The first kappa shape index (κ1) is 24.5. The third-order valence-corrected chi connectivity index (χ3v) is 6.17. The topological polar surface area (TPSA) is 67.9 Å². The fraction of sp³-hybridized carbons (Fsp3) is 0.310. The van der Waals surface area contributed by atoms with E-state index in [9.17, 15) is 9.59 Å². The van der Waals surface area contributed by atoms with Crippen LogP contribution in [0, 0.1) is 0 Å². The van der Waals surface area contributed by atoms with Crippen molar-refractivity contribution in [2.45, 2.75) is 44.6 Å². The highest BCUT2D eigenvalue weighted by atomic mass is 16.5. The Bertz CT molecular complexity index is 1050. The van der Waals surface area contributed by atoms with Gasteiger partial charge in [0.15, 0.2) is 0 Å². The Balaban J connectivity index is 1.32. The van der Waals surface area contributed by atoms with Gasteiger partial charge in [0, 0.05) is 19.5 Å². The van der Waals surface area contributed by atoms with Crippen LogP contribution in [0.4, 0.5) is 4.79 Å². The zero-order valence-corrected chi connectivity index (χ0v) is 19.8. The first-order chi connectivity index (χ1) is 17.2. The molecule has 1 fully saturated rings. The van der Waals surface area contributed by atoms with Gasteiger partial charge in [0.2, 0.25) is 5.91 Å². The highest BCUT2D eigenvalue weighted by Gasteiger charge is 2.30. The summed E-state index contributed by atoms with van der Waals surface area (Å²) in [7, 11) is 0. The van der Waals surface area contributed by atoms with Gasteiger partial charge in [-0.1, -0.05) is 91.0 Å². The lowest BCUT2D eigenvalue weighted by molar-refractivity contribution is -0.136. The smallest absolute Gasteiger partial charge is 0.408 e. The fourth-order valence-electron chi connectivity index (χ4n) is 4.21. The molecule has 6 nitrogen and oxygen atoms in total. The molecular formula is C29H32N2O4. The molecule has 1 atom stereocenters. The number of likely N-dealkylation sites (tertiary alicyclic amines) is 1. The maximum absolute atomic E-state index is 13.4. The van der Waals surface area contributed by atoms with Crippen LogP contribution in [0.2, 0.25) is 0 Å². The van der Waals surface area contributed by atoms with Gasteiger partial charge in [-0.2, -0.15) is 0 Å². The molecule has 1 N–H and O–H groups in total. The Morgan fingerprint density at radius 3 is 1.86 bits per heavy atom. The van der Waals surface area contributed by atoms with Gasteiger partial charge in [-0.3, -0.25) is 4.79 Å². The number of carbonyl (C=O) groups excluding carboxylic acids is 2. The fourth-order valence-corrected chi connectivity index (χ4v) is 4.21. The van der Waals surface area contributed by atoms with E-state index in [1.54, 1.807) is 0 Å². The van der Waals surface area contributed by atoms with Crippen molar-refractivity contribution in [3.05, 3.63) is 108 Å². The molecular weight excluding hydrogens is 440 g/mol. The van der Waals surface area contributed by atoms with Crippen molar-refractivity contribution in [1.82, 2.24) is 10.2 Å². The van der Waals surface area contributed by atoms with E-state index >= 15 is 0 Å². The monoisotopic (exact) mass is 472 g/mol. The largest absolute Gasteiger partial charge is 0.445 e. The van der Waals surface area contributed by atoms with Crippen molar-refractivity contribution >= 4 is 12.0 Å². The lowest BCUT2D eigenvalue weighted by atomic mass is 10.0.